The first kappa shape index (κ1) is 71.6. The summed E-state index contributed by atoms with van der Waals surface area (Å²) in [4.78, 5) is 38.2. The molecule has 0 rings (SSSR count). The predicted octanol–water partition coefficient (Wildman–Crippen LogP) is 22.4. The lowest BCUT2D eigenvalue weighted by atomic mass is 10.0. The number of carbonyl (C=O) groups excluding carboxylic acids is 3. The van der Waals surface area contributed by atoms with Crippen LogP contribution in [-0.2, 0) is 28.6 Å². The molecule has 0 heterocycles. The van der Waals surface area contributed by atoms with E-state index in [0.717, 1.165) is 77.0 Å². The lowest BCUT2D eigenvalue weighted by Gasteiger charge is -2.18. The van der Waals surface area contributed by atoms with Gasteiger partial charge < -0.3 is 14.2 Å². The van der Waals surface area contributed by atoms with Crippen molar-refractivity contribution in [1.82, 2.24) is 0 Å². The molecule has 0 aromatic carbocycles. The van der Waals surface area contributed by atoms with Crippen LogP contribution in [0.4, 0.5) is 0 Å². The van der Waals surface area contributed by atoms with Crippen LogP contribution in [0, 0.1) is 0 Å². The third kappa shape index (κ3) is 60.5. The normalized spacial score (nSPS) is 12.2. The minimum atomic E-state index is -0.771. The van der Waals surface area contributed by atoms with Crippen molar-refractivity contribution in [1.29, 1.82) is 0 Å². The summed E-state index contributed by atoms with van der Waals surface area (Å²) < 4.78 is 16.9. The quantitative estimate of drug-likeness (QED) is 0.0261. The summed E-state index contributed by atoms with van der Waals surface area (Å²) in [5.74, 6) is -0.854. The fourth-order valence-electron chi connectivity index (χ4n) is 9.92. The third-order valence-corrected chi connectivity index (χ3v) is 14.9. The Hall–Kier alpha value is -2.37. The molecule has 0 aliphatic rings. The Labute approximate surface area is 461 Å². The second-order valence-electron chi connectivity index (χ2n) is 22.4. The molecule has 1 atom stereocenters. The van der Waals surface area contributed by atoms with E-state index in [0.29, 0.717) is 19.3 Å². The van der Waals surface area contributed by atoms with Crippen LogP contribution in [0.15, 0.2) is 36.5 Å². The highest BCUT2D eigenvalue weighted by Gasteiger charge is 2.19. The average Bonchev–Trinajstić information content (AvgIpc) is 3.40. The Morgan fingerprint density at radius 2 is 0.486 bits per heavy atom. The van der Waals surface area contributed by atoms with Gasteiger partial charge >= 0.3 is 17.9 Å². The second kappa shape index (κ2) is 63.2. The van der Waals surface area contributed by atoms with E-state index >= 15 is 0 Å². The van der Waals surface area contributed by atoms with E-state index in [2.05, 4.69) is 57.2 Å². The Kier molecular flexibility index (Phi) is 61.1. The number of unbranched alkanes of at least 4 members (excludes halogenated alkanes) is 44. The summed E-state index contributed by atoms with van der Waals surface area (Å²) in [5, 5.41) is 0. The molecule has 0 saturated carbocycles. The molecule has 0 aliphatic heterocycles. The average molecular weight is 1040 g/mol. The van der Waals surface area contributed by atoms with Gasteiger partial charge in [-0.05, 0) is 57.8 Å². The molecule has 74 heavy (non-hydrogen) atoms. The Morgan fingerprint density at radius 1 is 0.270 bits per heavy atom. The first-order valence-corrected chi connectivity index (χ1v) is 33.0. The molecule has 0 saturated heterocycles. The van der Waals surface area contributed by atoms with Crippen molar-refractivity contribution in [3.63, 3.8) is 0 Å². The summed E-state index contributed by atoms with van der Waals surface area (Å²) in [6.07, 6.45) is 77.3. The fourth-order valence-corrected chi connectivity index (χ4v) is 9.92. The zero-order valence-corrected chi connectivity index (χ0v) is 49.9. The van der Waals surface area contributed by atoms with Crippen LogP contribution in [0.25, 0.3) is 0 Å². The highest BCUT2D eigenvalue weighted by molar-refractivity contribution is 5.71. The van der Waals surface area contributed by atoms with Gasteiger partial charge in [0.05, 0.1) is 0 Å². The number of rotatable bonds is 61. The summed E-state index contributed by atoms with van der Waals surface area (Å²) in [6, 6.07) is 0. The number of hydrogen-bond acceptors (Lipinski definition) is 6. The van der Waals surface area contributed by atoms with Gasteiger partial charge in [-0.1, -0.05) is 320 Å². The van der Waals surface area contributed by atoms with Crippen LogP contribution in [0.2, 0.25) is 0 Å². The minimum absolute atomic E-state index is 0.0694. The standard InChI is InChI=1S/C68H126O6/c1-4-7-10-13-16-19-22-24-26-28-30-32-34-36-38-40-42-44-46-49-52-55-58-61-67(70)73-64-65(63-72-66(69)60-57-54-51-48-21-18-15-12-9-6-3)74-68(71)62-59-56-53-50-47-45-43-41-39-37-35-33-31-29-27-25-23-20-17-14-11-8-5-2/h22,24,28,30,34,36,65H,4-21,23,25-27,29,31-33,35,37-64H2,1-3H3/b24-22-,30-28-,36-34-. The van der Waals surface area contributed by atoms with Crippen LogP contribution in [0.3, 0.4) is 0 Å². The molecule has 1 unspecified atom stereocenters. The van der Waals surface area contributed by atoms with Crippen LogP contribution < -0.4 is 0 Å². The molecule has 0 N–H and O–H groups in total. The molecule has 6 nitrogen and oxygen atoms in total. The van der Waals surface area contributed by atoms with Crippen molar-refractivity contribution in [2.75, 3.05) is 13.2 Å². The second-order valence-corrected chi connectivity index (χ2v) is 22.4. The van der Waals surface area contributed by atoms with E-state index < -0.39 is 6.10 Å². The summed E-state index contributed by atoms with van der Waals surface area (Å²) in [5.41, 5.74) is 0. The molecule has 0 bridgehead atoms. The minimum Gasteiger partial charge on any atom is -0.462 e. The van der Waals surface area contributed by atoms with Gasteiger partial charge in [0.2, 0.25) is 0 Å². The van der Waals surface area contributed by atoms with Gasteiger partial charge in [-0.3, -0.25) is 14.4 Å². The van der Waals surface area contributed by atoms with E-state index in [1.54, 1.807) is 0 Å². The fraction of sp³-hybridized carbons (Fsp3) is 0.868. The van der Waals surface area contributed by atoms with Crippen LogP contribution >= 0.6 is 0 Å². The van der Waals surface area contributed by atoms with E-state index in [4.69, 9.17) is 14.2 Å². The van der Waals surface area contributed by atoms with Gasteiger partial charge in [-0.25, -0.2) is 0 Å². The lowest BCUT2D eigenvalue weighted by molar-refractivity contribution is -0.167. The van der Waals surface area contributed by atoms with Gasteiger partial charge in [0, 0.05) is 19.3 Å². The van der Waals surface area contributed by atoms with Gasteiger partial charge in [0.15, 0.2) is 6.10 Å². The van der Waals surface area contributed by atoms with Crippen molar-refractivity contribution < 1.29 is 28.6 Å². The van der Waals surface area contributed by atoms with Crippen molar-refractivity contribution >= 4 is 17.9 Å². The molecule has 0 aliphatic carbocycles. The van der Waals surface area contributed by atoms with E-state index in [9.17, 15) is 14.4 Å². The monoisotopic (exact) mass is 1040 g/mol. The lowest BCUT2D eigenvalue weighted by Crippen LogP contribution is -2.30. The SMILES string of the molecule is CCCCCCC/C=C\C/C=C\C/C=C\CCCCCCCCCCC(=O)OCC(COC(=O)CCCCCCCCCCCC)OC(=O)CCCCCCCCCCCCCCCCCCCCCCCCC. The maximum atomic E-state index is 12.9. The zero-order chi connectivity index (χ0) is 53.6. The third-order valence-electron chi connectivity index (χ3n) is 14.9. The van der Waals surface area contributed by atoms with Crippen LogP contribution in [0.1, 0.15) is 361 Å². The molecule has 0 amide bonds. The summed E-state index contributed by atoms with van der Waals surface area (Å²) in [7, 11) is 0. The summed E-state index contributed by atoms with van der Waals surface area (Å²) in [6.45, 7) is 6.67. The van der Waals surface area contributed by atoms with Gasteiger partial charge in [0.25, 0.3) is 0 Å². The van der Waals surface area contributed by atoms with E-state index in [1.807, 2.05) is 0 Å². The van der Waals surface area contributed by atoms with Crippen molar-refractivity contribution in [3.8, 4) is 0 Å². The molecule has 6 heteroatoms. The van der Waals surface area contributed by atoms with Gasteiger partial charge in [-0.15, -0.1) is 0 Å². The van der Waals surface area contributed by atoms with E-state index in [-0.39, 0.29) is 31.1 Å². The first-order valence-electron chi connectivity index (χ1n) is 33.0. The number of carbonyl (C=O) groups is 3. The molecule has 0 spiro atoms. The van der Waals surface area contributed by atoms with Gasteiger partial charge in [0.1, 0.15) is 13.2 Å². The number of ether oxygens (including phenoxy) is 3. The Morgan fingerprint density at radius 3 is 0.757 bits per heavy atom. The smallest absolute Gasteiger partial charge is 0.306 e. The maximum Gasteiger partial charge on any atom is 0.306 e. The number of esters is 3. The van der Waals surface area contributed by atoms with Crippen molar-refractivity contribution in [2.24, 2.45) is 0 Å². The zero-order valence-electron chi connectivity index (χ0n) is 49.9. The molecule has 434 valence electrons. The molecule has 0 fully saturated rings. The highest BCUT2D eigenvalue weighted by Crippen LogP contribution is 2.18. The number of allylic oxidation sites excluding steroid dienone is 6. The maximum absolute atomic E-state index is 12.9. The van der Waals surface area contributed by atoms with Crippen molar-refractivity contribution in [3.05, 3.63) is 36.5 Å². The molecule has 0 aromatic heterocycles. The topological polar surface area (TPSA) is 78.9 Å². The number of hydrogen-bond donors (Lipinski definition) is 0. The van der Waals surface area contributed by atoms with Crippen molar-refractivity contribution in [2.45, 2.75) is 367 Å². The predicted molar refractivity (Wildman–Crippen MR) is 321 cm³/mol. The van der Waals surface area contributed by atoms with E-state index in [1.165, 1.54) is 244 Å². The first-order chi connectivity index (χ1) is 36.5. The Bertz CT molecular complexity index is 1240. The van der Waals surface area contributed by atoms with Crippen LogP contribution in [-0.4, -0.2) is 37.2 Å². The van der Waals surface area contributed by atoms with Gasteiger partial charge in [-0.2, -0.15) is 0 Å². The highest BCUT2D eigenvalue weighted by atomic mass is 16.6. The van der Waals surface area contributed by atoms with Crippen LogP contribution in [0.5, 0.6) is 0 Å². The molecular formula is C68H126O6. The largest absolute Gasteiger partial charge is 0.462 e. The molecular weight excluding hydrogens is 913 g/mol. The Balaban J connectivity index is 4.21. The molecule has 0 radical (unpaired) electrons. The summed E-state index contributed by atoms with van der Waals surface area (Å²) >= 11 is 0. The molecule has 0 aromatic rings.